The highest BCUT2D eigenvalue weighted by Crippen LogP contribution is 2.21. The van der Waals surface area contributed by atoms with Crippen LogP contribution in [0.5, 0.6) is 0 Å². The first-order valence-corrected chi connectivity index (χ1v) is 7.27. The number of likely N-dealkylation sites (tertiary alicyclic amines) is 1. The van der Waals surface area contributed by atoms with Crippen LogP contribution in [-0.4, -0.2) is 49.2 Å². The van der Waals surface area contributed by atoms with Crippen LogP contribution in [0.15, 0.2) is 0 Å². The van der Waals surface area contributed by atoms with Crippen LogP contribution in [0.2, 0.25) is 0 Å². The van der Waals surface area contributed by atoms with Crippen molar-refractivity contribution in [1.29, 1.82) is 0 Å². The number of nitrogens with one attached hydrogen (secondary N) is 1. The second-order valence-corrected chi connectivity index (χ2v) is 5.19. The van der Waals surface area contributed by atoms with Gasteiger partial charge >= 0.3 is 0 Å². The average molecular weight is 256 g/mol. The van der Waals surface area contributed by atoms with Crippen LogP contribution < -0.4 is 5.32 Å². The van der Waals surface area contributed by atoms with E-state index in [-0.39, 0.29) is 6.10 Å². The largest absolute Gasteiger partial charge is 0.379 e. The molecule has 0 bridgehead atoms. The van der Waals surface area contributed by atoms with Gasteiger partial charge in [-0.25, -0.2) is 0 Å². The molecule has 106 valence electrons. The lowest BCUT2D eigenvalue weighted by molar-refractivity contribution is -0.129. The lowest BCUT2D eigenvalue weighted by atomic mass is 10.1. The molecule has 0 unspecified atom stereocenters. The zero-order valence-corrected chi connectivity index (χ0v) is 12.1. The molecule has 1 heterocycles. The van der Waals surface area contributed by atoms with E-state index in [0.29, 0.717) is 11.9 Å². The molecule has 0 radical (unpaired) electrons. The average Bonchev–Trinajstić information content (AvgIpc) is 2.67. The molecule has 0 aromatic rings. The number of amides is 1. The Hall–Kier alpha value is -0.610. The Morgan fingerprint density at radius 3 is 2.94 bits per heavy atom. The minimum atomic E-state index is 0.281. The van der Waals surface area contributed by atoms with Crippen LogP contribution in [-0.2, 0) is 9.53 Å². The van der Waals surface area contributed by atoms with Crippen molar-refractivity contribution in [2.24, 2.45) is 0 Å². The van der Waals surface area contributed by atoms with Crippen molar-refractivity contribution < 1.29 is 9.53 Å². The second kappa shape index (κ2) is 8.48. The summed E-state index contributed by atoms with van der Waals surface area (Å²) < 4.78 is 5.52. The summed E-state index contributed by atoms with van der Waals surface area (Å²) in [6.45, 7) is 9.81. The quantitative estimate of drug-likeness (QED) is 0.640. The lowest BCUT2D eigenvalue weighted by Gasteiger charge is -2.25. The molecule has 0 saturated carbocycles. The molecule has 1 saturated heterocycles. The van der Waals surface area contributed by atoms with Gasteiger partial charge in [-0.15, -0.1) is 0 Å². The van der Waals surface area contributed by atoms with E-state index in [9.17, 15) is 4.79 Å². The number of nitrogens with zero attached hydrogens (tertiary/aromatic N) is 1. The number of ether oxygens (including phenoxy) is 1. The van der Waals surface area contributed by atoms with Gasteiger partial charge in [-0.05, 0) is 46.2 Å². The molecule has 1 rings (SSSR count). The highest BCUT2D eigenvalue weighted by atomic mass is 16.5. The van der Waals surface area contributed by atoms with Crippen LogP contribution in [0.25, 0.3) is 0 Å². The van der Waals surface area contributed by atoms with E-state index in [0.717, 1.165) is 51.9 Å². The van der Waals surface area contributed by atoms with Crippen LogP contribution in [0.1, 0.15) is 46.5 Å². The van der Waals surface area contributed by atoms with E-state index in [1.165, 1.54) is 0 Å². The second-order valence-electron chi connectivity index (χ2n) is 5.19. The van der Waals surface area contributed by atoms with Gasteiger partial charge in [0.2, 0.25) is 5.91 Å². The molecule has 18 heavy (non-hydrogen) atoms. The summed E-state index contributed by atoms with van der Waals surface area (Å²) in [4.78, 5) is 13.9. The van der Waals surface area contributed by atoms with Crippen molar-refractivity contribution in [3.8, 4) is 0 Å². The number of carbonyl (C=O) groups excluding carboxylic acids is 1. The van der Waals surface area contributed by atoms with E-state index in [4.69, 9.17) is 4.74 Å². The van der Waals surface area contributed by atoms with Gasteiger partial charge < -0.3 is 15.0 Å². The highest BCUT2D eigenvalue weighted by Gasteiger charge is 2.29. The summed E-state index contributed by atoms with van der Waals surface area (Å²) in [7, 11) is 0. The summed E-state index contributed by atoms with van der Waals surface area (Å²) in [6, 6.07) is 0.440. The fraction of sp³-hybridized carbons (Fsp3) is 0.929. The molecule has 1 aliphatic heterocycles. The molecule has 0 aromatic carbocycles. The SMILES string of the molecule is CCNCC[C@H]1CCC(=O)N1CCCOC(C)C. The fourth-order valence-electron chi connectivity index (χ4n) is 2.40. The smallest absolute Gasteiger partial charge is 0.222 e. The molecule has 0 aromatic heterocycles. The number of hydrogen-bond donors (Lipinski definition) is 1. The van der Waals surface area contributed by atoms with Gasteiger partial charge in [0.25, 0.3) is 0 Å². The topological polar surface area (TPSA) is 41.6 Å². The molecule has 1 aliphatic rings. The van der Waals surface area contributed by atoms with Gasteiger partial charge in [-0.1, -0.05) is 6.92 Å². The van der Waals surface area contributed by atoms with Crippen LogP contribution in [0.4, 0.5) is 0 Å². The molecule has 0 spiro atoms. The minimum Gasteiger partial charge on any atom is -0.379 e. The van der Waals surface area contributed by atoms with Crippen LogP contribution >= 0.6 is 0 Å². The van der Waals surface area contributed by atoms with Crippen LogP contribution in [0.3, 0.4) is 0 Å². The highest BCUT2D eigenvalue weighted by molar-refractivity contribution is 5.78. The van der Waals surface area contributed by atoms with Crippen molar-refractivity contribution in [3.63, 3.8) is 0 Å². The number of rotatable bonds is 9. The zero-order valence-electron chi connectivity index (χ0n) is 12.1. The maximum absolute atomic E-state index is 11.8. The molecular weight excluding hydrogens is 228 g/mol. The van der Waals surface area contributed by atoms with Crippen molar-refractivity contribution in [1.82, 2.24) is 10.2 Å². The first-order chi connectivity index (χ1) is 8.65. The van der Waals surface area contributed by atoms with Crippen LogP contribution in [0, 0.1) is 0 Å². The maximum Gasteiger partial charge on any atom is 0.222 e. The predicted octanol–water partition coefficient (Wildman–Crippen LogP) is 1.79. The van der Waals surface area contributed by atoms with E-state index in [1.54, 1.807) is 0 Å². The van der Waals surface area contributed by atoms with E-state index in [1.807, 2.05) is 13.8 Å². The third-order valence-electron chi connectivity index (χ3n) is 3.35. The zero-order chi connectivity index (χ0) is 13.4. The van der Waals surface area contributed by atoms with E-state index in [2.05, 4.69) is 17.1 Å². The summed E-state index contributed by atoms with van der Waals surface area (Å²) >= 11 is 0. The van der Waals surface area contributed by atoms with Crippen molar-refractivity contribution >= 4 is 5.91 Å². The summed E-state index contributed by atoms with van der Waals surface area (Å²) in [5.41, 5.74) is 0. The fourth-order valence-corrected chi connectivity index (χ4v) is 2.40. The molecule has 1 atom stereocenters. The van der Waals surface area contributed by atoms with Gasteiger partial charge in [-0.3, -0.25) is 4.79 Å². The monoisotopic (exact) mass is 256 g/mol. The molecule has 4 nitrogen and oxygen atoms in total. The number of carbonyl (C=O) groups is 1. The van der Waals surface area contributed by atoms with Gasteiger partial charge in [0, 0.05) is 25.6 Å². The Morgan fingerprint density at radius 1 is 1.50 bits per heavy atom. The summed E-state index contributed by atoms with van der Waals surface area (Å²) in [5.74, 6) is 0.320. The third kappa shape index (κ3) is 5.36. The molecular formula is C14H28N2O2. The van der Waals surface area contributed by atoms with Crippen molar-refractivity contribution in [3.05, 3.63) is 0 Å². The van der Waals surface area contributed by atoms with E-state index < -0.39 is 0 Å². The first kappa shape index (κ1) is 15.4. The maximum atomic E-state index is 11.8. The Morgan fingerprint density at radius 2 is 2.28 bits per heavy atom. The Kier molecular flexibility index (Phi) is 7.28. The van der Waals surface area contributed by atoms with E-state index >= 15 is 0 Å². The van der Waals surface area contributed by atoms with Crippen molar-refractivity contribution in [2.75, 3.05) is 26.2 Å². The summed E-state index contributed by atoms with van der Waals surface area (Å²) in [5, 5.41) is 3.33. The van der Waals surface area contributed by atoms with Gasteiger partial charge in [-0.2, -0.15) is 0 Å². The van der Waals surface area contributed by atoms with Crippen molar-refractivity contribution in [2.45, 2.75) is 58.6 Å². The van der Waals surface area contributed by atoms with Gasteiger partial charge in [0.1, 0.15) is 0 Å². The molecule has 0 aliphatic carbocycles. The molecule has 1 amide bonds. The standard InChI is InChI=1S/C14H28N2O2/c1-4-15-9-8-13-6-7-14(17)16(13)10-5-11-18-12(2)3/h12-13,15H,4-11H2,1-3H3/t13-/m1/s1. The molecule has 1 fully saturated rings. The lowest BCUT2D eigenvalue weighted by Crippen LogP contribution is -2.36. The van der Waals surface area contributed by atoms with Gasteiger partial charge in [0.05, 0.1) is 6.10 Å². The molecule has 4 heteroatoms. The summed E-state index contributed by atoms with van der Waals surface area (Å²) in [6.07, 6.45) is 4.05. The molecule has 1 N–H and O–H groups in total. The normalized spacial score (nSPS) is 20.1. The first-order valence-electron chi connectivity index (χ1n) is 7.27. The Labute approximate surface area is 111 Å². The Balaban J connectivity index is 2.23. The minimum absolute atomic E-state index is 0.281. The van der Waals surface area contributed by atoms with Gasteiger partial charge in [0.15, 0.2) is 0 Å². The Bertz CT molecular complexity index is 244. The number of hydrogen-bond acceptors (Lipinski definition) is 3. The predicted molar refractivity (Wildman–Crippen MR) is 73.6 cm³/mol. The third-order valence-corrected chi connectivity index (χ3v) is 3.35.